The molecule has 4 heteroatoms. The van der Waals surface area contributed by atoms with Gasteiger partial charge in [-0.15, -0.1) is 0 Å². The van der Waals surface area contributed by atoms with Crippen LogP contribution >= 0.6 is 11.8 Å². The summed E-state index contributed by atoms with van der Waals surface area (Å²) in [5.41, 5.74) is 7.80. The fourth-order valence-corrected chi connectivity index (χ4v) is 2.74. The van der Waals surface area contributed by atoms with Gasteiger partial charge in [0.1, 0.15) is 0 Å². The summed E-state index contributed by atoms with van der Waals surface area (Å²) in [4.78, 5) is 6.35. The summed E-state index contributed by atoms with van der Waals surface area (Å²) in [6.45, 7) is 4.43. The molecule has 1 fully saturated rings. The van der Waals surface area contributed by atoms with Gasteiger partial charge in [0.2, 0.25) is 0 Å². The van der Waals surface area contributed by atoms with E-state index in [9.17, 15) is 0 Å². The minimum Gasteiger partial charge on any atom is -0.396 e. The Balaban J connectivity index is 2.18. The number of hydrogen-bond donors (Lipinski definition) is 1. The predicted octanol–water partition coefficient (Wildman–Crippen LogP) is 1.61. The summed E-state index contributed by atoms with van der Waals surface area (Å²) in [6, 6.07) is 2.00. The van der Waals surface area contributed by atoms with Crippen LogP contribution in [0.2, 0.25) is 0 Å². The van der Waals surface area contributed by atoms with Gasteiger partial charge in [0, 0.05) is 30.3 Å². The molecule has 1 aliphatic heterocycles. The highest BCUT2D eigenvalue weighted by molar-refractivity contribution is 8.00. The first-order valence-corrected chi connectivity index (χ1v) is 5.88. The van der Waals surface area contributed by atoms with Crippen molar-refractivity contribution in [3.63, 3.8) is 0 Å². The van der Waals surface area contributed by atoms with Gasteiger partial charge in [0.15, 0.2) is 0 Å². The highest BCUT2D eigenvalue weighted by atomic mass is 32.2. The SMILES string of the molecule is CC1CN(c2ccncc2N)CCS1. The highest BCUT2D eigenvalue weighted by Crippen LogP contribution is 2.27. The van der Waals surface area contributed by atoms with E-state index in [-0.39, 0.29) is 0 Å². The molecule has 0 spiro atoms. The number of hydrogen-bond acceptors (Lipinski definition) is 4. The maximum atomic E-state index is 5.89. The summed E-state index contributed by atoms with van der Waals surface area (Å²) in [7, 11) is 0. The minimum atomic E-state index is 0.691. The summed E-state index contributed by atoms with van der Waals surface area (Å²) in [6.07, 6.45) is 3.53. The fraction of sp³-hybridized carbons (Fsp3) is 0.500. The van der Waals surface area contributed by atoms with Gasteiger partial charge < -0.3 is 10.6 Å². The number of rotatable bonds is 1. The van der Waals surface area contributed by atoms with Gasteiger partial charge in [-0.1, -0.05) is 6.92 Å². The number of nitrogen functional groups attached to an aromatic ring is 1. The Morgan fingerprint density at radius 2 is 2.50 bits per heavy atom. The first-order chi connectivity index (χ1) is 6.77. The zero-order chi connectivity index (χ0) is 9.97. The summed E-state index contributed by atoms with van der Waals surface area (Å²) in [5, 5.41) is 0.691. The molecule has 76 valence electrons. The molecule has 0 bridgehead atoms. The molecule has 0 saturated carbocycles. The predicted molar refractivity (Wildman–Crippen MR) is 62.8 cm³/mol. The Morgan fingerprint density at radius 1 is 1.64 bits per heavy atom. The molecule has 3 nitrogen and oxygen atoms in total. The van der Waals surface area contributed by atoms with Crippen molar-refractivity contribution in [1.29, 1.82) is 0 Å². The van der Waals surface area contributed by atoms with Gasteiger partial charge in [-0.25, -0.2) is 0 Å². The molecular formula is C10H15N3S. The monoisotopic (exact) mass is 209 g/mol. The Labute approximate surface area is 88.7 Å². The lowest BCUT2D eigenvalue weighted by Crippen LogP contribution is -2.37. The highest BCUT2D eigenvalue weighted by Gasteiger charge is 2.18. The van der Waals surface area contributed by atoms with E-state index in [0.29, 0.717) is 5.25 Å². The second-order valence-electron chi connectivity index (χ2n) is 3.56. The second kappa shape index (κ2) is 4.09. The molecule has 1 saturated heterocycles. The second-order valence-corrected chi connectivity index (χ2v) is 5.11. The van der Waals surface area contributed by atoms with Crippen molar-refractivity contribution in [2.45, 2.75) is 12.2 Å². The van der Waals surface area contributed by atoms with Gasteiger partial charge in [0.05, 0.1) is 17.6 Å². The Kier molecular flexibility index (Phi) is 2.82. The van der Waals surface area contributed by atoms with E-state index in [1.807, 2.05) is 17.8 Å². The zero-order valence-corrected chi connectivity index (χ0v) is 9.13. The van der Waals surface area contributed by atoms with Crippen molar-refractivity contribution in [2.24, 2.45) is 0 Å². The lowest BCUT2D eigenvalue weighted by molar-refractivity contribution is 0.783. The number of nitrogens with zero attached hydrogens (tertiary/aromatic N) is 2. The van der Waals surface area contributed by atoms with Gasteiger partial charge in [-0.3, -0.25) is 4.98 Å². The molecular weight excluding hydrogens is 194 g/mol. The van der Waals surface area contributed by atoms with Crippen molar-refractivity contribution in [3.05, 3.63) is 18.5 Å². The molecule has 0 radical (unpaired) electrons. The van der Waals surface area contributed by atoms with Crippen molar-refractivity contribution in [3.8, 4) is 0 Å². The first-order valence-electron chi connectivity index (χ1n) is 4.83. The molecule has 14 heavy (non-hydrogen) atoms. The van der Waals surface area contributed by atoms with Crippen LogP contribution in [0.4, 0.5) is 11.4 Å². The number of pyridine rings is 1. The third-order valence-corrected chi connectivity index (χ3v) is 3.55. The number of aromatic nitrogens is 1. The largest absolute Gasteiger partial charge is 0.396 e. The lowest BCUT2D eigenvalue weighted by Gasteiger charge is -2.32. The topological polar surface area (TPSA) is 42.2 Å². The molecule has 1 aliphatic rings. The van der Waals surface area contributed by atoms with Crippen molar-refractivity contribution < 1.29 is 0 Å². The van der Waals surface area contributed by atoms with E-state index in [2.05, 4.69) is 16.8 Å². The van der Waals surface area contributed by atoms with Crippen LogP contribution in [0.15, 0.2) is 18.5 Å². The van der Waals surface area contributed by atoms with E-state index in [4.69, 9.17) is 5.73 Å². The summed E-state index contributed by atoms with van der Waals surface area (Å²) < 4.78 is 0. The van der Waals surface area contributed by atoms with Gasteiger partial charge in [-0.2, -0.15) is 11.8 Å². The molecule has 2 heterocycles. The number of thioether (sulfide) groups is 1. The van der Waals surface area contributed by atoms with Crippen molar-refractivity contribution in [1.82, 2.24) is 4.98 Å². The van der Waals surface area contributed by atoms with Crippen LogP contribution in [0, 0.1) is 0 Å². The van der Waals surface area contributed by atoms with Crippen molar-refractivity contribution in [2.75, 3.05) is 29.5 Å². The summed E-state index contributed by atoms with van der Waals surface area (Å²) in [5.74, 6) is 1.18. The van der Waals surface area contributed by atoms with E-state index in [0.717, 1.165) is 24.5 Å². The smallest absolute Gasteiger partial charge is 0.0738 e. The quantitative estimate of drug-likeness (QED) is 0.763. The normalized spacial score (nSPS) is 22.4. The third-order valence-electron chi connectivity index (χ3n) is 2.41. The molecule has 0 amide bonds. The molecule has 1 unspecified atom stereocenters. The molecule has 1 aromatic heterocycles. The van der Waals surface area contributed by atoms with E-state index >= 15 is 0 Å². The Morgan fingerprint density at radius 3 is 3.21 bits per heavy atom. The van der Waals surface area contributed by atoms with Crippen LogP contribution in [-0.4, -0.2) is 29.1 Å². The zero-order valence-electron chi connectivity index (χ0n) is 8.31. The number of anilines is 2. The number of nitrogens with two attached hydrogens (primary N) is 1. The molecule has 1 atom stereocenters. The lowest BCUT2D eigenvalue weighted by atomic mass is 10.3. The molecule has 0 aromatic carbocycles. The minimum absolute atomic E-state index is 0.691. The Bertz CT molecular complexity index is 316. The Hall–Kier alpha value is -0.900. The van der Waals surface area contributed by atoms with Gasteiger partial charge in [-0.05, 0) is 6.07 Å². The fourth-order valence-electron chi connectivity index (χ4n) is 1.72. The average Bonchev–Trinajstić information content (AvgIpc) is 2.18. The summed E-state index contributed by atoms with van der Waals surface area (Å²) >= 11 is 2.02. The van der Waals surface area contributed by atoms with Crippen LogP contribution in [0.3, 0.4) is 0 Å². The van der Waals surface area contributed by atoms with Crippen molar-refractivity contribution >= 4 is 23.1 Å². The average molecular weight is 209 g/mol. The van der Waals surface area contributed by atoms with Gasteiger partial charge in [0.25, 0.3) is 0 Å². The standard InChI is InChI=1S/C10H15N3S/c1-8-7-13(4-5-14-8)10-2-3-12-6-9(10)11/h2-3,6,8H,4-5,7,11H2,1H3. The molecule has 2 rings (SSSR count). The van der Waals surface area contributed by atoms with E-state index in [1.165, 1.54) is 5.75 Å². The maximum Gasteiger partial charge on any atom is 0.0738 e. The van der Waals surface area contributed by atoms with Crippen LogP contribution in [0.5, 0.6) is 0 Å². The van der Waals surface area contributed by atoms with Crippen LogP contribution in [-0.2, 0) is 0 Å². The maximum absolute atomic E-state index is 5.89. The molecule has 0 aliphatic carbocycles. The van der Waals surface area contributed by atoms with Crippen LogP contribution in [0.1, 0.15) is 6.92 Å². The van der Waals surface area contributed by atoms with Crippen LogP contribution < -0.4 is 10.6 Å². The first kappa shape index (κ1) is 9.65. The van der Waals surface area contributed by atoms with E-state index in [1.54, 1.807) is 12.4 Å². The third kappa shape index (κ3) is 1.95. The van der Waals surface area contributed by atoms with Crippen LogP contribution in [0.25, 0.3) is 0 Å². The van der Waals surface area contributed by atoms with E-state index < -0.39 is 0 Å². The molecule has 1 aromatic rings. The molecule has 2 N–H and O–H groups in total. The van der Waals surface area contributed by atoms with Gasteiger partial charge >= 0.3 is 0 Å².